The van der Waals surface area contributed by atoms with Crippen molar-refractivity contribution in [2.24, 2.45) is 0 Å². The number of nitrogens with one attached hydrogen (secondary N) is 3. The molecule has 0 saturated carbocycles. The summed E-state index contributed by atoms with van der Waals surface area (Å²) in [4.78, 5) is 39.0. The van der Waals surface area contributed by atoms with Crippen molar-refractivity contribution in [3.05, 3.63) is 24.3 Å². The highest BCUT2D eigenvalue weighted by Gasteiger charge is 2.23. The SMILES string of the molecule is CCCCCCCCC=CCCCCCCCC(=O)CCC(NC(=O)CCCCCCCC=CCCCCCCCCC)C(=O)NCCOC(C)(C)OCCNC(C)O. The number of carbonyl (C=O) groups is 3. The number of rotatable bonds is 45. The predicted molar refractivity (Wildman–Crippen MR) is 248 cm³/mol. The zero-order valence-electron chi connectivity index (χ0n) is 39.2. The van der Waals surface area contributed by atoms with Gasteiger partial charge >= 0.3 is 0 Å². The lowest BCUT2D eigenvalue weighted by molar-refractivity contribution is -0.211. The number of allylic oxidation sites excluding steroid dienone is 4. The number of aliphatic hydroxyl groups is 1. The summed E-state index contributed by atoms with van der Waals surface area (Å²) in [6.07, 6.45) is 43.1. The molecule has 346 valence electrons. The zero-order valence-corrected chi connectivity index (χ0v) is 39.2. The van der Waals surface area contributed by atoms with Crippen molar-refractivity contribution >= 4 is 17.6 Å². The third-order valence-corrected chi connectivity index (χ3v) is 10.8. The topological polar surface area (TPSA) is 126 Å². The molecule has 2 atom stereocenters. The predicted octanol–water partition coefficient (Wildman–Crippen LogP) is 12.1. The molecule has 0 aliphatic carbocycles. The molecule has 0 radical (unpaired) electrons. The van der Waals surface area contributed by atoms with E-state index in [0.29, 0.717) is 32.4 Å². The molecule has 0 aromatic heterocycles. The number of hydrogen-bond acceptors (Lipinski definition) is 7. The molecule has 9 nitrogen and oxygen atoms in total. The van der Waals surface area contributed by atoms with Gasteiger partial charge in [-0.2, -0.15) is 0 Å². The molecule has 0 bridgehead atoms. The van der Waals surface area contributed by atoms with Gasteiger partial charge in [-0.15, -0.1) is 0 Å². The Bertz CT molecular complexity index is 1030. The van der Waals surface area contributed by atoms with E-state index in [1.165, 1.54) is 116 Å². The van der Waals surface area contributed by atoms with Gasteiger partial charge in [0.25, 0.3) is 0 Å². The molecule has 0 spiro atoms. The van der Waals surface area contributed by atoms with Crippen LogP contribution in [0.5, 0.6) is 0 Å². The lowest BCUT2D eigenvalue weighted by Crippen LogP contribution is -2.48. The molecule has 0 fully saturated rings. The van der Waals surface area contributed by atoms with E-state index in [4.69, 9.17) is 9.47 Å². The molecule has 0 aromatic carbocycles. The Balaban J connectivity index is 4.51. The van der Waals surface area contributed by atoms with Gasteiger partial charge in [-0.05, 0) is 91.4 Å². The van der Waals surface area contributed by atoms with Crippen LogP contribution in [0.1, 0.15) is 234 Å². The van der Waals surface area contributed by atoms with Gasteiger partial charge in [-0.1, -0.05) is 147 Å². The zero-order chi connectivity index (χ0) is 43.5. The fraction of sp³-hybridized carbons (Fsp3) is 0.860. The van der Waals surface area contributed by atoms with Crippen molar-refractivity contribution in [2.75, 3.05) is 26.3 Å². The van der Waals surface area contributed by atoms with Crippen LogP contribution in [-0.2, 0) is 23.9 Å². The van der Waals surface area contributed by atoms with Crippen molar-refractivity contribution < 1.29 is 29.0 Å². The minimum Gasteiger partial charge on any atom is -0.379 e. The van der Waals surface area contributed by atoms with Gasteiger partial charge < -0.3 is 25.2 Å². The molecule has 0 heterocycles. The maximum atomic E-state index is 13.3. The summed E-state index contributed by atoms with van der Waals surface area (Å²) < 4.78 is 11.6. The Morgan fingerprint density at radius 1 is 0.559 bits per heavy atom. The van der Waals surface area contributed by atoms with Crippen LogP contribution in [0.4, 0.5) is 0 Å². The fourth-order valence-electron chi connectivity index (χ4n) is 7.09. The van der Waals surface area contributed by atoms with Gasteiger partial charge in [0, 0.05) is 32.4 Å². The molecule has 0 saturated heterocycles. The van der Waals surface area contributed by atoms with E-state index in [9.17, 15) is 19.5 Å². The summed E-state index contributed by atoms with van der Waals surface area (Å²) in [5.41, 5.74) is 0. The van der Waals surface area contributed by atoms with Crippen LogP contribution in [-0.4, -0.2) is 67.1 Å². The lowest BCUT2D eigenvalue weighted by Gasteiger charge is -2.26. The van der Waals surface area contributed by atoms with E-state index in [2.05, 4.69) is 54.1 Å². The third kappa shape index (κ3) is 42.4. The summed E-state index contributed by atoms with van der Waals surface area (Å²) in [7, 11) is 0. The number of ketones is 1. The molecule has 0 aliphatic rings. The van der Waals surface area contributed by atoms with Crippen molar-refractivity contribution in [1.82, 2.24) is 16.0 Å². The first kappa shape index (κ1) is 56.9. The van der Waals surface area contributed by atoms with Gasteiger partial charge in [-0.25, -0.2) is 0 Å². The molecular weight excluding hydrogens is 739 g/mol. The van der Waals surface area contributed by atoms with Crippen LogP contribution in [0.25, 0.3) is 0 Å². The van der Waals surface area contributed by atoms with E-state index in [1.807, 2.05) is 0 Å². The van der Waals surface area contributed by atoms with Crippen molar-refractivity contribution in [2.45, 2.75) is 252 Å². The summed E-state index contributed by atoms with van der Waals surface area (Å²) >= 11 is 0. The number of ether oxygens (including phenoxy) is 2. The Kier molecular flexibility index (Phi) is 41.1. The van der Waals surface area contributed by atoms with E-state index >= 15 is 0 Å². The minimum atomic E-state index is -0.862. The number of carbonyl (C=O) groups excluding carboxylic acids is 3. The van der Waals surface area contributed by atoms with Gasteiger partial charge in [0.05, 0.1) is 13.2 Å². The maximum Gasteiger partial charge on any atom is 0.242 e. The van der Waals surface area contributed by atoms with Gasteiger partial charge in [-0.3, -0.25) is 19.7 Å². The van der Waals surface area contributed by atoms with Crippen molar-refractivity contribution in [1.29, 1.82) is 0 Å². The van der Waals surface area contributed by atoms with Crippen LogP contribution in [0.2, 0.25) is 0 Å². The van der Waals surface area contributed by atoms with Gasteiger partial charge in [0.1, 0.15) is 18.1 Å². The second kappa shape index (κ2) is 42.6. The Hall–Kier alpha value is -2.07. The standard InChI is InChI=1S/C50H95N3O6/c1-6-8-10-12-14-16-18-20-22-24-26-28-30-32-34-36-38-48(56)53-47(49(57)52-42-44-59-50(4,5)58-43-41-51-45(3)54)40-39-46(55)37-35-33-31-29-27-25-23-21-19-17-15-13-11-9-7-2/h21-24,45,47,51,54H,6-20,25-44H2,1-5H3,(H,52,57)(H,53,56). The Morgan fingerprint density at radius 3 is 1.42 bits per heavy atom. The minimum absolute atomic E-state index is 0.139. The molecule has 9 heteroatoms. The number of Topliss-reactive ketones (excluding diaryl/α,β-unsaturated/α-hetero) is 1. The first-order valence-electron chi connectivity index (χ1n) is 24.7. The monoisotopic (exact) mass is 834 g/mol. The highest BCUT2D eigenvalue weighted by atomic mass is 16.7. The average molecular weight is 834 g/mol. The molecular formula is C50H95N3O6. The quantitative estimate of drug-likeness (QED) is 0.0273. The average Bonchev–Trinajstić information content (AvgIpc) is 3.20. The van der Waals surface area contributed by atoms with Gasteiger partial charge in [0.15, 0.2) is 5.79 Å². The summed E-state index contributed by atoms with van der Waals surface area (Å²) in [5.74, 6) is -1.15. The normalized spacial score (nSPS) is 13.1. The highest BCUT2D eigenvalue weighted by Crippen LogP contribution is 2.14. The molecule has 2 amide bonds. The van der Waals surface area contributed by atoms with Gasteiger partial charge in [0.2, 0.25) is 11.8 Å². The molecule has 59 heavy (non-hydrogen) atoms. The first-order chi connectivity index (χ1) is 28.6. The summed E-state index contributed by atoms with van der Waals surface area (Å²) in [6.45, 7) is 11.1. The molecule has 0 aliphatic heterocycles. The molecule has 4 N–H and O–H groups in total. The third-order valence-electron chi connectivity index (χ3n) is 10.8. The Labute approximate surface area is 363 Å². The number of hydrogen-bond donors (Lipinski definition) is 4. The smallest absolute Gasteiger partial charge is 0.242 e. The van der Waals surface area contributed by atoms with E-state index in [0.717, 1.165) is 57.8 Å². The maximum absolute atomic E-state index is 13.3. The van der Waals surface area contributed by atoms with Crippen molar-refractivity contribution in [3.63, 3.8) is 0 Å². The summed E-state index contributed by atoms with van der Waals surface area (Å²) in [6, 6.07) is -0.760. The van der Waals surface area contributed by atoms with E-state index in [1.54, 1.807) is 20.8 Å². The van der Waals surface area contributed by atoms with Crippen LogP contribution in [0.3, 0.4) is 0 Å². The summed E-state index contributed by atoms with van der Waals surface area (Å²) in [5, 5.41) is 18.1. The van der Waals surface area contributed by atoms with Crippen LogP contribution >= 0.6 is 0 Å². The number of amides is 2. The molecule has 0 aromatic rings. The van der Waals surface area contributed by atoms with Crippen LogP contribution < -0.4 is 16.0 Å². The number of unbranched alkanes of at least 4 members (excludes halogenated alkanes) is 23. The first-order valence-corrected chi connectivity index (χ1v) is 24.7. The highest BCUT2D eigenvalue weighted by molar-refractivity contribution is 5.88. The van der Waals surface area contributed by atoms with E-state index in [-0.39, 0.29) is 37.2 Å². The van der Waals surface area contributed by atoms with Crippen LogP contribution in [0.15, 0.2) is 24.3 Å². The second-order valence-electron chi connectivity index (χ2n) is 17.2. The van der Waals surface area contributed by atoms with Crippen LogP contribution in [0, 0.1) is 0 Å². The molecule has 2 unspecified atom stereocenters. The largest absolute Gasteiger partial charge is 0.379 e. The molecule has 0 rings (SSSR count). The van der Waals surface area contributed by atoms with E-state index < -0.39 is 18.1 Å². The lowest BCUT2D eigenvalue weighted by atomic mass is 10.0. The number of aliphatic hydroxyl groups excluding tert-OH is 1. The fourth-order valence-corrected chi connectivity index (χ4v) is 7.09. The van der Waals surface area contributed by atoms with Crippen molar-refractivity contribution in [3.8, 4) is 0 Å². The Morgan fingerprint density at radius 2 is 0.966 bits per heavy atom. The second-order valence-corrected chi connectivity index (χ2v) is 17.2.